The Bertz CT molecular complexity index is 573. The second kappa shape index (κ2) is 5.81. The molecule has 0 saturated heterocycles. The van der Waals surface area contributed by atoms with Crippen LogP contribution in [0.1, 0.15) is 38.2 Å². The molecule has 1 saturated carbocycles. The van der Waals surface area contributed by atoms with E-state index < -0.39 is 10.5 Å². The first kappa shape index (κ1) is 15.4. The molecule has 6 heteroatoms. The second-order valence-electron chi connectivity index (χ2n) is 6.09. The Morgan fingerprint density at radius 2 is 2.24 bits per heavy atom. The van der Waals surface area contributed by atoms with Crippen LogP contribution in [-0.4, -0.2) is 16.4 Å². The third kappa shape index (κ3) is 3.39. The summed E-state index contributed by atoms with van der Waals surface area (Å²) < 4.78 is 0. The predicted octanol–water partition coefficient (Wildman–Crippen LogP) is 2.75. The van der Waals surface area contributed by atoms with Gasteiger partial charge in [0.1, 0.15) is 5.69 Å². The summed E-state index contributed by atoms with van der Waals surface area (Å²) in [5, 5.41) is 13.7. The fourth-order valence-electron chi connectivity index (χ4n) is 2.95. The lowest BCUT2D eigenvalue weighted by atomic mass is 9.76. The van der Waals surface area contributed by atoms with E-state index in [1.54, 1.807) is 12.1 Å². The topological polar surface area (TPSA) is 98.3 Å². The van der Waals surface area contributed by atoms with Gasteiger partial charge in [-0.05, 0) is 37.3 Å². The Balaban J connectivity index is 2.23. The van der Waals surface area contributed by atoms with Crippen LogP contribution in [0, 0.1) is 23.0 Å². The lowest BCUT2D eigenvalue weighted by Crippen LogP contribution is -2.53. The highest BCUT2D eigenvalue weighted by atomic mass is 16.6. The van der Waals surface area contributed by atoms with Crippen molar-refractivity contribution in [2.45, 2.75) is 45.1 Å². The number of benzene rings is 1. The van der Waals surface area contributed by atoms with Crippen LogP contribution in [0.2, 0.25) is 0 Å². The fourth-order valence-corrected chi connectivity index (χ4v) is 2.95. The summed E-state index contributed by atoms with van der Waals surface area (Å²) in [7, 11) is 0. The molecule has 0 bridgehead atoms. The first-order chi connectivity index (χ1) is 9.82. The molecular formula is C15H21N3O3. The molecule has 1 fully saturated rings. The Morgan fingerprint density at radius 3 is 2.86 bits per heavy atom. The Labute approximate surface area is 123 Å². The van der Waals surface area contributed by atoms with E-state index >= 15 is 0 Å². The lowest BCUT2D eigenvalue weighted by Gasteiger charge is -2.35. The zero-order valence-corrected chi connectivity index (χ0v) is 12.4. The van der Waals surface area contributed by atoms with Crippen LogP contribution >= 0.6 is 0 Å². The minimum atomic E-state index is -0.935. The highest BCUT2D eigenvalue weighted by Crippen LogP contribution is 2.33. The molecule has 1 aromatic carbocycles. The lowest BCUT2D eigenvalue weighted by molar-refractivity contribution is -0.383. The summed E-state index contributed by atoms with van der Waals surface area (Å²) >= 11 is 0. The van der Waals surface area contributed by atoms with Gasteiger partial charge >= 0.3 is 0 Å². The van der Waals surface area contributed by atoms with Gasteiger partial charge in [0.05, 0.1) is 10.5 Å². The molecule has 6 nitrogen and oxygen atoms in total. The molecule has 21 heavy (non-hydrogen) atoms. The quantitative estimate of drug-likeness (QED) is 0.660. The van der Waals surface area contributed by atoms with Crippen LogP contribution in [0.5, 0.6) is 0 Å². The number of nitrogens with two attached hydrogens (primary N) is 1. The molecule has 3 N–H and O–H groups in total. The van der Waals surface area contributed by atoms with Crippen LogP contribution in [-0.2, 0) is 4.79 Å². The van der Waals surface area contributed by atoms with Gasteiger partial charge in [0, 0.05) is 6.07 Å². The van der Waals surface area contributed by atoms with Crippen molar-refractivity contribution in [2.24, 2.45) is 11.7 Å². The van der Waals surface area contributed by atoms with E-state index in [0.717, 1.165) is 18.4 Å². The normalized spacial score (nSPS) is 25.4. The molecule has 2 atom stereocenters. The van der Waals surface area contributed by atoms with Crippen molar-refractivity contribution < 1.29 is 9.72 Å². The van der Waals surface area contributed by atoms with Gasteiger partial charge in [0.15, 0.2) is 0 Å². The van der Waals surface area contributed by atoms with Crippen molar-refractivity contribution in [1.29, 1.82) is 0 Å². The first-order valence-electron chi connectivity index (χ1n) is 7.17. The summed E-state index contributed by atoms with van der Waals surface area (Å²) in [4.78, 5) is 23.0. The molecule has 1 aromatic rings. The molecule has 1 aliphatic rings. The zero-order valence-electron chi connectivity index (χ0n) is 12.4. The average molecular weight is 291 g/mol. The van der Waals surface area contributed by atoms with E-state index in [0.29, 0.717) is 18.8 Å². The summed E-state index contributed by atoms with van der Waals surface area (Å²) in [6, 6.07) is 4.65. The van der Waals surface area contributed by atoms with Crippen molar-refractivity contribution in [3.63, 3.8) is 0 Å². The van der Waals surface area contributed by atoms with E-state index in [2.05, 4.69) is 12.2 Å². The van der Waals surface area contributed by atoms with E-state index in [1.807, 2.05) is 6.92 Å². The number of aryl methyl sites for hydroxylation is 1. The summed E-state index contributed by atoms with van der Waals surface area (Å²) in [6.07, 6.45) is 3.19. The summed E-state index contributed by atoms with van der Waals surface area (Å²) in [6.45, 7) is 3.89. The maximum Gasteiger partial charge on any atom is 0.292 e. The first-order valence-corrected chi connectivity index (χ1v) is 7.17. The number of nitro groups is 1. The highest BCUT2D eigenvalue weighted by molar-refractivity contribution is 5.99. The molecule has 1 amide bonds. The Morgan fingerprint density at radius 1 is 1.52 bits per heavy atom. The number of nitrogens with one attached hydrogen (secondary N) is 1. The van der Waals surface area contributed by atoms with E-state index in [-0.39, 0.29) is 17.3 Å². The molecule has 0 aromatic heterocycles. The molecular weight excluding hydrogens is 270 g/mol. The largest absolute Gasteiger partial charge is 0.319 e. The number of anilines is 1. The molecule has 0 radical (unpaired) electrons. The van der Waals surface area contributed by atoms with Gasteiger partial charge in [-0.2, -0.15) is 0 Å². The number of nitro benzene ring substituents is 1. The predicted molar refractivity (Wildman–Crippen MR) is 81.0 cm³/mol. The fraction of sp³-hybridized carbons (Fsp3) is 0.533. The maximum atomic E-state index is 12.5. The summed E-state index contributed by atoms with van der Waals surface area (Å²) in [5.41, 5.74) is 6.24. The van der Waals surface area contributed by atoms with Crippen molar-refractivity contribution in [3.8, 4) is 0 Å². The van der Waals surface area contributed by atoms with Crippen LogP contribution in [0.4, 0.5) is 11.4 Å². The van der Waals surface area contributed by atoms with E-state index in [9.17, 15) is 14.9 Å². The molecule has 2 unspecified atom stereocenters. The molecule has 2 rings (SSSR count). The molecule has 114 valence electrons. The number of nitrogens with zero attached hydrogens (tertiary/aromatic N) is 1. The molecule has 1 aliphatic carbocycles. The number of amides is 1. The highest BCUT2D eigenvalue weighted by Gasteiger charge is 2.38. The van der Waals surface area contributed by atoms with Gasteiger partial charge in [-0.15, -0.1) is 0 Å². The van der Waals surface area contributed by atoms with Gasteiger partial charge < -0.3 is 11.1 Å². The SMILES string of the molecule is Cc1ccc([N+](=O)[O-])c(NC(=O)C2(N)CCCC(C)C2)c1. The second-order valence-corrected chi connectivity index (χ2v) is 6.09. The number of hydrogen-bond donors (Lipinski definition) is 2. The number of rotatable bonds is 3. The summed E-state index contributed by atoms with van der Waals surface area (Å²) in [5.74, 6) is 0.0599. The van der Waals surface area contributed by atoms with Crippen LogP contribution in [0.15, 0.2) is 18.2 Å². The van der Waals surface area contributed by atoms with Gasteiger partial charge in [0.25, 0.3) is 5.69 Å². The Kier molecular flexibility index (Phi) is 4.27. The van der Waals surface area contributed by atoms with Crippen molar-refractivity contribution in [3.05, 3.63) is 33.9 Å². The van der Waals surface area contributed by atoms with Gasteiger partial charge in [-0.1, -0.05) is 25.8 Å². The van der Waals surface area contributed by atoms with E-state index in [1.165, 1.54) is 6.07 Å². The van der Waals surface area contributed by atoms with Gasteiger partial charge in [-0.3, -0.25) is 14.9 Å². The monoisotopic (exact) mass is 291 g/mol. The molecule has 0 spiro atoms. The number of carbonyl (C=O) groups excluding carboxylic acids is 1. The minimum Gasteiger partial charge on any atom is -0.319 e. The number of carbonyl (C=O) groups is 1. The smallest absolute Gasteiger partial charge is 0.292 e. The van der Waals surface area contributed by atoms with Crippen LogP contribution in [0.3, 0.4) is 0 Å². The maximum absolute atomic E-state index is 12.5. The third-order valence-corrected chi connectivity index (χ3v) is 4.08. The third-order valence-electron chi connectivity index (χ3n) is 4.08. The van der Waals surface area contributed by atoms with E-state index in [4.69, 9.17) is 5.73 Å². The van der Waals surface area contributed by atoms with Crippen LogP contribution < -0.4 is 11.1 Å². The van der Waals surface area contributed by atoms with Gasteiger partial charge in [-0.25, -0.2) is 0 Å². The Hall–Kier alpha value is -1.95. The van der Waals surface area contributed by atoms with Crippen molar-refractivity contribution in [2.75, 3.05) is 5.32 Å². The molecule has 0 aliphatic heterocycles. The number of hydrogen-bond acceptors (Lipinski definition) is 4. The van der Waals surface area contributed by atoms with Crippen LogP contribution in [0.25, 0.3) is 0 Å². The van der Waals surface area contributed by atoms with Gasteiger partial charge in [0.2, 0.25) is 5.91 Å². The minimum absolute atomic E-state index is 0.110. The van der Waals surface area contributed by atoms with Crippen molar-refractivity contribution in [1.82, 2.24) is 0 Å². The average Bonchev–Trinajstić information content (AvgIpc) is 2.38. The zero-order chi connectivity index (χ0) is 15.6. The molecule has 0 heterocycles. The van der Waals surface area contributed by atoms with Crippen molar-refractivity contribution >= 4 is 17.3 Å². The standard InChI is InChI=1S/C15H21N3O3/c1-10-5-6-13(18(20)21)12(8-10)17-14(19)15(16)7-3-4-11(2)9-15/h5-6,8,11H,3-4,7,9,16H2,1-2H3,(H,17,19).